The second-order valence-electron chi connectivity index (χ2n) is 4.09. The molecular weight excluding hydrogens is 214 g/mol. The molecule has 1 aromatic carbocycles. The number of ether oxygens (including phenoxy) is 1. The van der Waals surface area contributed by atoms with Gasteiger partial charge in [-0.25, -0.2) is 4.98 Å². The van der Waals surface area contributed by atoms with Gasteiger partial charge in [0.05, 0.1) is 25.2 Å². The number of benzene rings is 1. The van der Waals surface area contributed by atoms with Crippen molar-refractivity contribution in [3.05, 3.63) is 48.0 Å². The van der Waals surface area contributed by atoms with E-state index >= 15 is 0 Å². The SMILES string of the molecule is COc1cccc(CC(N)c2cncn2C)c1. The highest BCUT2D eigenvalue weighted by atomic mass is 16.5. The quantitative estimate of drug-likeness (QED) is 0.870. The highest BCUT2D eigenvalue weighted by molar-refractivity contribution is 5.29. The van der Waals surface area contributed by atoms with Gasteiger partial charge in [-0.05, 0) is 24.1 Å². The number of aromatic nitrogens is 2. The minimum atomic E-state index is -0.0467. The molecule has 4 nitrogen and oxygen atoms in total. The van der Waals surface area contributed by atoms with Crippen LogP contribution in [0, 0.1) is 0 Å². The number of hydrogen-bond acceptors (Lipinski definition) is 3. The summed E-state index contributed by atoms with van der Waals surface area (Å²) in [5.74, 6) is 0.861. The van der Waals surface area contributed by atoms with Crippen molar-refractivity contribution in [2.75, 3.05) is 7.11 Å². The van der Waals surface area contributed by atoms with Crippen LogP contribution in [-0.4, -0.2) is 16.7 Å². The van der Waals surface area contributed by atoms with Crippen LogP contribution < -0.4 is 10.5 Å². The molecule has 1 atom stereocenters. The zero-order valence-corrected chi connectivity index (χ0v) is 10.1. The van der Waals surface area contributed by atoms with E-state index < -0.39 is 0 Å². The topological polar surface area (TPSA) is 53.1 Å². The average Bonchev–Trinajstić information content (AvgIpc) is 2.76. The molecule has 0 aliphatic rings. The Morgan fingerprint density at radius 1 is 1.47 bits per heavy atom. The lowest BCUT2D eigenvalue weighted by Crippen LogP contribution is -2.16. The van der Waals surface area contributed by atoms with E-state index in [0.29, 0.717) is 0 Å². The molecule has 0 aliphatic carbocycles. The van der Waals surface area contributed by atoms with E-state index in [0.717, 1.165) is 23.4 Å². The molecule has 0 amide bonds. The first-order valence-electron chi connectivity index (χ1n) is 5.55. The molecule has 0 bridgehead atoms. The van der Waals surface area contributed by atoms with Crippen LogP contribution >= 0.6 is 0 Å². The van der Waals surface area contributed by atoms with E-state index in [1.165, 1.54) is 0 Å². The fourth-order valence-electron chi connectivity index (χ4n) is 1.88. The van der Waals surface area contributed by atoms with Crippen molar-refractivity contribution < 1.29 is 4.74 Å². The zero-order chi connectivity index (χ0) is 12.3. The number of nitrogens with two attached hydrogens (primary N) is 1. The van der Waals surface area contributed by atoms with Crippen molar-refractivity contribution in [1.29, 1.82) is 0 Å². The summed E-state index contributed by atoms with van der Waals surface area (Å²) in [7, 11) is 3.62. The molecule has 1 aromatic heterocycles. The molecule has 1 unspecified atom stereocenters. The molecule has 0 radical (unpaired) electrons. The van der Waals surface area contributed by atoms with E-state index in [1.807, 2.05) is 36.0 Å². The van der Waals surface area contributed by atoms with Crippen LogP contribution in [0.5, 0.6) is 5.75 Å². The Morgan fingerprint density at radius 3 is 2.94 bits per heavy atom. The van der Waals surface area contributed by atoms with E-state index in [9.17, 15) is 0 Å². The predicted molar refractivity (Wildman–Crippen MR) is 66.8 cm³/mol. The van der Waals surface area contributed by atoms with Crippen molar-refractivity contribution in [3.63, 3.8) is 0 Å². The summed E-state index contributed by atoms with van der Waals surface area (Å²) in [6.07, 6.45) is 4.35. The van der Waals surface area contributed by atoms with Gasteiger partial charge in [0.2, 0.25) is 0 Å². The maximum absolute atomic E-state index is 6.16. The van der Waals surface area contributed by atoms with Crippen LogP contribution in [0.2, 0.25) is 0 Å². The van der Waals surface area contributed by atoms with Crippen molar-refractivity contribution in [2.24, 2.45) is 12.8 Å². The molecule has 1 heterocycles. The molecule has 17 heavy (non-hydrogen) atoms. The summed E-state index contributed by atoms with van der Waals surface area (Å²) >= 11 is 0. The Kier molecular flexibility index (Phi) is 3.44. The third-order valence-corrected chi connectivity index (χ3v) is 2.82. The van der Waals surface area contributed by atoms with Gasteiger partial charge in [-0.1, -0.05) is 12.1 Å². The van der Waals surface area contributed by atoms with Crippen LogP contribution in [0.1, 0.15) is 17.3 Å². The number of imidazole rings is 1. The molecule has 0 saturated heterocycles. The van der Waals surface area contributed by atoms with Crippen LogP contribution in [0.4, 0.5) is 0 Å². The van der Waals surface area contributed by atoms with Gasteiger partial charge in [0.15, 0.2) is 0 Å². The zero-order valence-electron chi connectivity index (χ0n) is 10.1. The van der Waals surface area contributed by atoms with E-state index in [1.54, 1.807) is 13.4 Å². The first-order chi connectivity index (χ1) is 8.20. The second-order valence-corrected chi connectivity index (χ2v) is 4.09. The average molecular weight is 231 g/mol. The largest absolute Gasteiger partial charge is 0.497 e. The summed E-state index contributed by atoms with van der Waals surface area (Å²) in [6.45, 7) is 0. The molecule has 2 N–H and O–H groups in total. The van der Waals surface area contributed by atoms with Gasteiger partial charge in [0.25, 0.3) is 0 Å². The van der Waals surface area contributed by atoms with E-state index in [-0.39, 0.29) is 6.04 Å². The van der Waals surface area contributed by atoms with Crippen LogP contribution in [0.15, 0.2) is 36.8 Å². The lowest BCUT2D eigenvalue weighted by Gasteiger charge is -2.12. The highest BCUT2D eigenvalue weighted by Crippen LogP contribution is 2.18. The molecule has 0 saturated carbocycles. The normalized spacial score (nSPS) is 12.4. The van der Waals surface area contributed by atoms with Crippen molar-refractivity contribution in [2.45, 2.75) is 12.5 Å². The summed E-state index contributed by atoms with van der Waals surface area (Å²) in [5.41, 5.74) is 8.36. The standard InChI is InChI=1S/C13H17N3O/c1-16-9-15-8-13(16)12(14)7-10-4-3-5-11(6-10)17-2/h3-6,8-9,12H,7,14H2,1-2H3. The number of methoxy groups -OCH3 is 1. The number of hydrogen-bond donors (Lipinski definition) is 1. The lowest BCUT2D eigenvalue weighted by molar-refractivity contribution is 0.414. The maximum atomic E-state index is 6.16. The number of aryl methyl sites for hydroxylation is 1. The van der Waals surface area contributed by atoms with E-state index in [2.05, 4.69) is 11.1 Å². The maximum Gasteiger partial charge on any atom is 0.119 e. The summed E-state index contributed by atoms with van der Waals surface area (Å²) in [4.78, 5) is 4.08. The van der Waals surface area contributed by atoms with Gasteiger partial charge in [-0.3, -0.25) is 0 Å². The number of rotatable bonds is 4. The van der Waals surface area contributed by atoms with Crippen LogP contribution in [0.25, 0.3) is 0 Å². The first-order valence-corrected chi connectivity index (χ1v) is 5.55. The van der Waals surface area contributed by atoms with Gasteiger partial charge in [0.1, 0.15) is 5.75 Å². The van der Waals surface area contributed by atoms with Crippen LogP contribution in [0.3, 0.4) is 0 Å². The van der Waals surface area contributed by atoms with Gasteiger partial charge >= 0.3 is 0 Å². The minimum absolute atomic E-state index is 0.0467. The first kappa shape index (κ1) is 11.7. The van der Waals surface area contributed by atoms with Gasteiger partial charge in [-0.2, -0.15) is 0 Å². The van der Waals surface area contributed by atoms with Crippen LogP contribution in [-0.2, 0) is 13.5 Å². The monoisotopic (exact) mass is 231 g/mol. The Bertz CT molecular complexity index is 493. The predicted octanol–water partition coefficient (Wildman–Crippen LogP) is 1.67. The van der Waals surface area contributed by atoms with Crippen molar-refractivity contribution in [3.8, 4) is 5.75 Å². The molecule has 0 spiro atoms. The van der Waals surface area contributed by atoms with Gasteiger partial charge in [0, 0.05) is 13.2 Å². The third kappa shape index (κ3) is 2.65. The van der Waals surface area contributed by atoms with Crippen molar-refractivity contribution in [1.82, 2.24) is 9.55 Å². The Balaban J connectivity index is 2.13. The highest BCUT2D eigenvalue weighted by Gasteiger charge is 2.10. The molecular formula is C13H17N3O. The Hall–Kier alpha value is -1.81. The minimum Gasteiger partial charge on any atom is -0.497 e. The molecule has 2 aromatic rings. The second kappa shape index (κ2) is 5.01. The number of nitrogens with zero attached hydrogens (tertiary/aromatic N) is 2. The lowest BCUT2D eigenvalue weighted by atomic mass is 10.0. The Labute approximate surface area is 101 Å². The molecule has 2 rings (SSSR count). The molecule has 90 valence electrons. The fraction of sp³-hybridized carbons (Fsp3) is 0.308. The summed E-state index contributed by atoms with van der Waals surface area (Å²) in [6, 6.07) is 7.92. The smallest absolute Gasteiger partial charge is 0.119 e. The van der Waals surface area contributed by atoms with Gasteiger partial charge < -0.3 is 15.0 Å². The molecule has 0 aliphatic heterocycles. The third-order valence-electron chi connectivity index (χ3n) is 2.82. The summed E-state index contributed by atoms with van der Waals surface area (Å²) in [5, 5.41) is 0. The molecule has 0 fully saturated rings. The molecule has 4 heteroatoms. The van der Waals surface area contributed by atoms with Gasteiger partial charge in [-0.15, -0.1) is 0 Å². The van der Waals surface area contributed by atoms with E-state index in [4.69, 9.17) is 10.5 Å². The van der Waals surface area contributed by atoms with Crippen molar-refractivity contribution >= 4 is 0 Å². The fourth-order valence-corrected chi connectivity index (χ4v) is 1.88. The Morgan fingerprint density at radius 2 is 2.29 bits per heavy atom. The summed E-state index contributed by atoms with van der Waals surface area (Å²) < 4.78 is 7.14.